The van der Waals surface area contributed by atoms with Crippen molar-refractivity contribution >= 4 is 5.91 Å². The molecule has 4 nitrogen and oxygen atoms in total. The zero-order chi connectivity index (χ0) is 13.2. The van der Waals surface area contributed by atoms with Crippen LogP contribution < -0.4 is 5.73 Å². The molecule has 1 amide bonds. The minimum absolute atomic E-state index is 0.0594. The fourth-order valence-corrected chi connectivity index (χ4v) is 2.53. The van der Waals surface area contributed by atoms with Crippen molar-refractivity contribution < 1.29 is 4.79 Å². The van der Waals surface area contributed by atoms with Gasteiger partial charge in [-0.05, 0) is 38.3 Å². The molecule has 98 valence electrons. The summed E-state index contributed by atoms with van der Waals surface area (Å²) in [7, 11) is 0. The zero-order valence-corrected chi connectivity index (χ0v) is 11.1. The summed E-state index contributed by atoms with van der Waals surface area (Å²) in [5.74, 6) is 0.142. The number of nitrogens with zero attached hydrogens (tertiary/aromatic N) is 2. The van der Waals surface area contributed by atoms with Crippen LogP contribution in [0.25, 0.3) is 0 Å². The molecule has 1 aliphatic rings. The van der Waals surface area contributed by atoms with E-state index in [0.29, 0.717) is 6.42 Å². The average molecular weight is 247 g/mol. The molecule has 1 fully saturated rings. The van der Waals surface area contributed by atoms with Crippen molar-refractivity contribution in [1.29, 1.82) is 0 Å². The maximum Gasteiger partial charge on any atom is 0.227 e. The van der Waals surface area contributed by atoms with Gasteiger partial charge in [0.15, 0.2) is 0 Å². The highest BCUT2D eigenvalue weighted by molar-refractivity contribution is 5.79. The van der Waals surface area contributed by atoms with Gasteiger partial charge in [-0.1, -0.05) is 6.07 Å². The number of nitrogens with two attached hydrogens (primary N) is 1. The van der Waals surface area contributed by atoms with Crippen LogP contribution in [0.5, 0.6) is 0 Å². The number of rotatable bonds is 2. The topological polar surface area (TPSA) is 59.2 Å². The third-order valence-corrected chi connectivity index (χ3v) is 3.88. The molecule has 1 atom stereocenters. The Labute approximate surface area is 108 Å². The Balaban J connectivity index is 2.09. The lowest BCUT2D eigenvalue weighted by Crippen LogP contribution is -2.61. The van der Waals surface area contributed by atoms with Crippen molar-refractivity contribution in [2.45, 2.75) is 44.7 Å². The number of piperidine rings is 1. The van der Waals surface area contributed by atoms with Gasteiger partial charge in [0, 0.05) is 25.0 Å². The Morgan fingerprint density at radius 2 is 2.39 bits per heavy atom. The van der Waals surface area contributed by atoms with Crippen molar-refractivity contribution in [3.8, 4) is 0 Å². The van der Waals surface area contributed by atoms with Gasteiger partial charge in [0.2, 0.25) is 5.91 Å². The van der Waals surface area contributed by atoms with E-state index >= 15 is 0 Å². The largest absolute Gasteiger partial charge is 0.336 e. The molecule has 18 heavy (non-hydrogen) atoms. The van der Waals surface area contributed by atoms with E-state index < -0.39 is 0 Å². The summed E-state index contributed by atoms with van der Waals surface area (Å²) in [6, 6.07) is 3.85. The molecule has 1 unspecified atom stereocenters. The summed E-state index contributed by atoms with van der Waals surface area (Å²) < 4.78 is 0. The van der Waals surface area contributed by atoms with Gasteiger partial charge in [-0.2, -0.15) is 0 Å². The second kappa shape index (κ2) is 5.06. The molecule has 0 aromatic carbocycles. The molecule has 0 saturated carbocycles. The quantitative estimate of drug-likeness (QED) is 0.858. The number of hydrogen-bond acceptors (Lipinski definition) is 3. The molecule has 0 spiro atoms. The second-order valence-electron chi connectivity index (χ2n) is 5.49. The number of carbonyl (C=O) groups excluding carboxylic acids is 1. The summed E-state index contributed by atoms with van der Waals surface area (Å²) in [4.78, 5) is 18.3. The van der Waals surface area contributed by atoms with Crippen LogP contribution in [0.4, 0.5) is 0 Å². The van der Waals surface area contributed by atoms with E-state index in [4.69, 9.17) is 5.73 Å². The molecule has 1 aromatic rings. The molecule has 4 heteroatoms. The van der Waals surface area contributed by atoms with E-state index in [1.54, 1.807) is 12.4 Å². The minimum Gasteiger partial charge on any atom is -0.336 e. The molecular formula is C14H21N3O. The molecule has 2 N–H and O–H groups in total. The van der Waals surface area contributed by atoms with E-state index in [9.17, 15) is 4.79 Å². The number of carbonyl (C=O) groups is 1. The van der Waals surface area contributed by atoms with Gasteiger partial charge in [-0.15, -0.1) is 0 Å². The molecule has 2 heterocycles. The smallest absolute Gasteiger partial charge is 0.227 e. The lowest BCUT2D eigenvalue weighted by Gasteiger charge is -2.46. The third-order valence-electron chi connectivity index (χ3n) is 3.88. The Bertz CT molecular complexity index is 416. The SMILES string of the molecule is CC1(C)C(N)CCCN1C(=O)Cc1cccnc1. The van der Waals surface area contributed by atoms with Crippen LogP contribution in [0.1, 0.15) is 32.3 Å². The third kappa shape index (κ3) is 2.53. The molecule has 0 radical (unpaired) electrons. The summed E-state index contributed by atoms with van der Waals surface area (Å²) in [5.41, 5.74) is 6.83. The van der Waals surface area contributed by atoms with E-state index in [1.165, 1.54) is 0 Å². The highest BCUT2D eigenvalue weighted by Crippen LogP contribution is 2.27. The molecule has 2 rings (SSSR count). The second-order valence-corrected chi connectivity index (χ2v) is 5.49. The van der Waals surface area contributed by atoms with Crippen molar-refractivity contribution in [2.75, 3.05) is 6.54 Å². The first-order valence-corrected chi connectivity index (χ1v) is 6.47. The van der Waals surface area contributed by atoms with Crippen LogP contribution in [0.3, 0.4) is 0 Å². The van der Waals surface area contributed by atoms with Crippen molar-refractivity contribution in [2.24, 2.45) is 5.73 Å². The van der Waals surface area contributed by atoms with Crippen LogP contribution in [0, 0.1) is 0 Å². The first kappa shape index (κ1) is 13.0. The van der Waals surface area contributed by atoms with Gasteiger partial charge in [0.05, 0.1) is 12.0 Å². The van der Waals surface area contributed by atoms with Crippen LogP contribution in [-0.4, -0.2) is 33.9 Å². The summed E-state index contributed by atoms with van der Waals surface area (Å²) in [6.45, 7) is 4.91. The first-order valence-electron chi connectivity index (χ1n) is 6.47. The lowest BCUT2D eigenvalue weighted by atomic mass is 9.85. The highest BCUT2D eigenvalue weighted by Gasteiger charge is 2.38. The van der Waals surface area contributed by atoms with E-state index in [2.05, 4.69) is 18.8 Å². The number of likely N-dealkylation sites (tertiary alicyclic amines) is 1. The van der Waals surface area contributed by atoms with Crippen LogP contribution >= 0.6 is 0 Å². The van der Waals surface area contributed by atoms with Crippen molar-refractivity contribution in [3.05, 3.63) is 30.1 Å². The van der Waals surface area contributed by atoms with Gasteiger partial charge >= 0.3 is 0 Å². The molecule has 0 bridgehead atoms. The first-order chi connectivity index (χ1) is 8.51. The standard InChI is InChI=1S/C14H21N3O/c1-14(2)12(15)6-4-8-17(14)13(18)9-11-5-3-7-16-10-11/h3,5,7,10,12H,4,6,8-9,15H2,1-2H3. The Kier molecular flexibility index (Phi) is 3.66. The predicted molar refractivity (Wildman–Crippen MR) is 70.9 cm³/mol. The maximum atomic E-state index is 12.4. The van der Waals surface area contributed by atoms with Crippen LogP contribution in [-0.2, 0) is 11.2 Å². The van der Waals surface area contributed by atoms with Crippen LogP contribution in [0.2, 0.25) is 0 Å². The molecular weight excluding hydrogens is 226 g/mol. The van der Waals surface area contributed by atoms with Gasteiger partial charge in [-0.25, -0.2) is 0 Å². The molecule has 1 aliphatic heterocycles. The van der Waals surface area contributed by atoms with E-state index in [1.807, 2.05) is 17.0 Å². The number of pyridine rings is 1. The number of hydrogen-bond donors (Lipinski definition) is 1. The monoisotopic (exact) mass is 247 g/mol. The van der Waals surface area contributed by atoms with Gasteiger partial charge < -0.3 is 10.6 Å². The van der Waals surface area contributed by atoms with Crippen LogP contribution in [0.15, 0.2) is 24.5 Å². The summed E-state index contributed by atoms with van der Waals surface area (Å²) in [5, 5.41) is 0. The fraction of sp³-hybridized carbons (Fsp3) is 0.571. The molecule has 0 aliphatic carbocycles. The molecule has 1 aromatic heterocycles. The lowest BCUT2D eigenvalue weighted by molar-refractivity contribution is -0.138. The summed E-state index contributed by atoms with van der Waals surface area (Å²) >= 11 is 0. The fourth-order valence-electron chi connectivity index (χ4n) is 2.53. The number of amides is 1. The van der Waals surface area contributed by atoms with Crippen molar-refractivity contribution in [1.82, 2.24) is 9.88 Å². The Hall–Kier alpha value is -1.42. The average Bonchev–Trinajstić information content (AvgIpc) is 2.33. The Morgan fingerprint density at radius 3 is 3.06 bits per heavy atom. The normalized spacial score (nSPS) is 22.8. The minimum atomic E-state index is -0.252. The Morgan fingerprint density at radius 1 is 1.61 bits per heavy atom. The van der Waals surface area contributed by atoms with Gasteiger partial charge in [0.1, 0.15) is 0 Å². The maximum absolute atomic E-state index is 12.4. The molecule has 1 saturated heterocycles. The highest BCUT2D eigenvalue weighted by atomic mass is 16.2. The van der Waals surface area contributed by atoms with E-state index in [0.717, 1.165) is 24.9 Å². The van der Waals surface area contributed by atoms with E-state index in [-0.39, 0.29) is 17.5 Å². The summed E-state index contributed by atoms with van der Waals surface area (Å²) in [6.07, 6.45) is 5.85. The predicted octanol–water partition coefficient (Wildman–Crippen LogP) is 1.35. The van der Waals surface area contributed by atoms with Crippen molar-refractivity contribution in [3.63, 3.8) is 0 Å². The number of aromatic nitrogens is 1. The zero-order valence-electron chi connectivity index (χ0n) is 11.1. The van der Waals surface area contributed by atoms with Gasteiger partial charge in [-0.3, -0.25) is 9.78 Å². The van der Waals surface area contributed by atoms with Gasteiger partial charge in [0.25, 0.3) is 0 Å².